The summed E-state index contributed by atoms with van der Waals surface area (Å²) in [7, 11) is 1.66. The van der Waals surface area contributed by atoms with Crippen molar-refractivity contribution >= 4 is 15.9 Å². The minimum absolute atomic E-state index is 0.0839. The summed E-state index contributed by atoms with van der Waals surface area (Å²) in [6, 6.07) is 12.1. The Labute approximate surface area is 128 Å². The van der Waals surface area contributed by atoms with Gasteiger partial charge in [0.05, 0.1) is 13.2 Å². The quantitative estimate of drug-likeness (QED) is 0.663. The molecule has 1 unspecified atom stereocenters. The molecule has 0 aromatic heterocycles. The number of benzene rings is 2. The largest absolute Gasteiger partial charge is 0.497 e. The fourth-order valence-corrected chi connectivity index (χ4v) is 2.78. The van der Waals surface area contributed by atoms with E-state index in [-0.39, 0.29) is 6.04 Å². The number of nitrogens with two attached hydrogens (primary N) is 1. The second-order valence-electron chi connectivity index (χ2n) is 4.78. The first-order valence-corrected chi connectivity index (χ1v) is 7.23. The number of nitrogens with one attached hydrogen (secondary N) is 1. The van der Waals surface area contributed by atoms with Crippen LogP contribution in [-0.2, 0) is 0 Å². The van der Waals surface area contributed by atoms with Gasteiger partial charge in [0.2, 0.25) is 0 Å². The Kier molecular flexibility index (Phi) is 4.81. The van der Waals surface area contributed by atoms with Gasteiger partial charge in [-0.05, 0) is 54.3 Å². The molecule has 2 rings (SSSR count). The van der Waals surface area contributed by atoms with Gasteiger partial charge in [-0.1, -0.05) is 34.1 Å². The van der Waals surface area contributed by atoms with Crippen molar-refractivity contribution in [1.29, 1.82) is 0 Å². The number of aryl methyl sites for hydroxylation is 1. The number of hydrazine groups is 1. The molecule has 3 N–H and O–H groups in total. The molecule has 3 nitrogen and oxygen atoms in total. The summed E-state index contributed by atoms with van der Waals surface area (Å²) in [5.74, 6) is 6.62. The van der Waals surface area contributed by atoms with Crippen LogP contribution in [0.15, 0.2) is 40.9 Å². The SMILES string of the molecule is COc1ccc(Br)c(C(NN)c2cccc(C)c2C)c1. The summed E-state index contributed by atoms with van der Waals surface area (Å²) >= 11 is 3.59. The van der Waals surface area contributed by atoms with Crippen LogP contribution in [0.2, 0.25) is 0 Å². The highest BCUT2D eigenvalue weighted by atomic mass is 79.9. The van der Waals surface area contributed by atoms with Gasteiger partial charge in [0.25, 0.3) is 0 Å². The first-order valence-electron chi connectivity index (χ1n) is 6.44. The van der Waals surface area contributed by atoms with E-state index in [2.05, 4.69) is 53.4 Å². The van der Waals surface area contributed by atoms with E-state index in [4.69, 9.17) is 10.6 Å². The highest BCUT2D eigenvalue weighted by Gasteiger charge is 2.18. The lowest BCUT2D eigenvalue weighted by Crippen LogP contribution is -2.29. The van der Waals surface area contributed by atoms with E-state index in [1.54, 1.807) is 7.11 Å². The van der Waals surface area contributed by atoms with Gasteiger partial charge in [0, 0.05) is 4.47 Å². The van der Waals surface area contributed by atoms with E-state index in [0.29, 0.717) is 0 Å². The van der Waals surface area contributed by atoms with E-state index in [9.17, 15) is 0 Å². The fraction of sp³-hybridized carbons (Fsp3) is 0.250. The van der Waals surface area contributed by atoms with Crippen LogP contribution in [0.3, 0.4) is 0 Å². The third kappa shape index (κ3) is 2.87. The standard InChI is InChI=1S/C16H19BrN2O/c1-10-5-4-6-13(11(10)2)16(19-18)14-9-12(20-3)7-8-15(14)17/h4-9,16,19H,18H2,1-3H3. The zero-order chi connectivity index (χ0) is 14.7. The van der Waals surface area contributed by atoms with E-state index in [1.807, 2.05) is 18.2 Å². The minimum atomic E-state index is -0.0839. The Morgan fingerprint density at radius 1 is 1.15 bits per heavy atom. The average molecular weight is 335 g/mol. The number of methoxy groups -OCH3 is 1. The second kappa shape index (κ2) is 6.39. The van der Waals surface area contributed by atoms with Gasteiger partial charge in [-0.2, -0.15) is 0 Å². The van der Waals surface area contributed by atoms with Gasteiger partial charge in [-0.25, -0.2) is 5.43 Å². The Morgan fingerprint density at radius 2 is 1.90 bits per heavy atom. The van der Waals surface area contributed by atoms with Crippen molar-refractivity contribution in [1.82, 2.24) is 5.43 Å². The van der Waals surface area contributed by atoms with Crippen LogP contribution in [0.5, 0.6) is 5.75 Å². The molecule has 20 heavy (non-hydrogen) atoms. The van der Waals surface area contributed by atoms with Gasteiger partial charge in [-0.15, -0.1) is 0 Å². The van der Waals surface area contributed by atoms with Crippen molar-refractivity contribution < 1.29 is 4.74 Å². The summed E-state index contributed by atoms with van der Waals surface area (Å²) in [4.78, 5) is 0. The predicted molar refractivity (Wildman–Crippen MR) is 85.8 cm³/mol. The Morgan fingerprint density at radius 3 is 2.55 bits per heavy atom. The van der Waals surface area contributed by atoms with Crippen LogP contribution in [0.1, 0.15) is 28.3 Å². The fourth-order valence-electron chi connectivity index (χ4n) is 2.30. The summed E-state index contributed by atoms with van der Waals surface area (Å²) < 4.78 is 6.31. The van der Waals surface area contributed by atoms with E-state index in [0.717, 1.165) is 15.8 Å². The summed E-state index contributed by atoms with van der Waals surface area (Å²) in [5.41, 5.74) is 7.63. The molecule has 0 aliphatic heterocycles. The van der Waals surface area contributed by atoms with Crippen LogP contribution in [0.25, 0.3) is 0 Å². The van der Waals surface area contributed by atoms with Gasteiger partial charge in [0.1, 0.15) is 5.75 Å². The maximum absolute atomic E-state index is 5.80. The molecule has 0 bridgehead atoms. The summed E-state index contributed by atoms with van der Waals surface area (Å²) in [6.07, 6.45) is 0. The molecule has 1 atom stereocenters. The normalized spacial score (nSPS) is 12.2. The number of halogens is 1. The van der Waals surface area contributed by atoms with Crippen molar-refractivity contribution in [2.45, 2.75) is 19.9 Å². The number of ether oxygens (including phenoxy) is 1. The predicted octanol–water partition coefficient (Wildman–Crippen LogP) is 3.63. The minimum Gasteiger partial charge on any atom is -0.497 e. The van der Waals surface area contributed by atoms with Crippen LogP contribution >= 0.6 is 15.9 Å². The number of hydrogen-bond acceptors (Lipinski definition) is 3. The molecule has 2 aromatic rings. The Bertz CT molecular complexity index is 613. The monoisotopic (exact) mass is 334 g/mol. The molecule has 0 fully saturated rings. The molecular weight excluding hydrogens is 316 g/mol. The highest BCUT2D eigenvalue weighted by molar-refractivity contribution is 9.10. The summed E-state index contributed by atoms with van der Waals surface area (Å²) in [6.45, 7) is 4.22. The lowest BCUT2D eigenvalue weighted by Gasteiger charge is -2.22. The topological polar surface area (TPSA) is 47.3 Å². The Hall–Kier alpha value is -1.36. The number of hydrogen-bond donors (Lipinski definition) is 2. The molecule has 106 valence electrons. The molecule has 0 saturated heterocycles. The van der Waals surface area contributed by atoms with Crippen molar-refractivity contribution in [3.05, 3.63) is 63.1 Å². The third-order valence-electron chi connectivity index (χ3n) is 3.64. The highest BCUT2D eigenvalue weighted by Crippen LogP contribution is 2.33. The molecule has 0 amide bonds. The lowest BCUT2D eigenvalue weighted by atomic mass is 9.93. The molecule has 0 spiro atoms. The van der Waals surface area contributed by atoms with Gasteiger partial charge in [0.15, 0.2) is 0 Å². The molecule has 0 saturated carbocycles. The molecule has 4 heteroatoms. The van der Waals surface area contributed by atoms with Gasteiger partial charge < -0.3 is 4.74 Å². The van der Waals surface area contributed by atoms with Crippen LogP contribution in [0, 0.1) is 13.8 Å². The molecule has 0 heterocycles. The first kappa shape index (κ1) is 15.0. The van der Waals surface area contributed by atoms with Gasteiger partial charge >= 0.3 is 0 Å². The molecule has 2 aromatic carbocycles. The maximum Gasteiger partial charge on any atom is 0.119 e. The molecule has 0 aliphatic rings. The average Bonchev–Trinajstić information content (AvgIpc) is 2.46. The third-order valence-corrected chi connectivity index (χ3v) is 4.36. The molecule has 0 aliphatic carbocycles. The second-order valence-corrected chi connectivity index (χ2v) is 5.63. The van der Waals surface area contributed by atoms with Crippen molar-refractivity contribution in [3.8, 4) is 5.75 Å². The smallest absolute Gasteiger partial charge is 0.119 e. The maximum atomic E-state index is 5.80. The lowest BCUT2D eigenvalue weighted by molar-refractivity contribution is 0.413. The molecule has 0 radical (unpaired) electrons. The zero-order valence-corrected chi connectivity index (χ0v) is 13.5. The van der Waals surface area contributed by atoms with E-state index < -0.39 is 0 Å². The molecular formula is C16H19BrN2O. The van der Waals surface area contributed by atoms with Crippen LogP contribution in [-0.4, -0.2) is 7.11 Å². The van der Waals surface area contributed by atoms with Gasteiger partial charge in [-0.3, -0.25) is 5.84 Å². The van der Waals surface area contributed by atoms with Crippen molar-refractivity contribution in [2.24, 2.45) is 5.84 Å². The van der Waals surface area contributed by atoms with Crippen molar-refractivity contribution in [3.63, 3.8) is 0 Å². The van der Waals surface area contributed by atoms with Crippen LogP contribution < -0.4 is 16.0 Å². The zero-order valence-electron chi connectivity index (χ0n) is 11.9. The van der Waals surface area contributed by atoms with Crippen molar-refractivity contribution in [2.75, 3.05) is 7.11 Å². The Balaban J connectivity index is 2.55. The summed E-state index contributed by atoms with van der Waals surface area (Å²) in [5, 5.41) is 0. The first-order chi connectivity index (χ1) is 9.58. The van der Waals surface area contributed by atoms with Crippen LogP contribution in [0.4, 0.5) is 0 Å². The van der Waals surface area contributed by atoms with E-state index in [1.165, 1.54) is 16.7 Å². The number of rotatable bonds is 4. The van der Waals surface area contributed by atoms with E-state index >= 15 is 0 Å².